The van der Waals surface area contributed by atoms with Crippen molar-refractivity contribution in [3.8, 4) is 0 Å². The number of benzene rings is 1. The normalized spacial score (nSPS) is 13.2. The minimum absolute atomic E-state index is 0.0958. The molecule has 1 aromatic rings. The maximum Gasteiger partial charge on any atom is 0.180 e. The number of unbranched alkanes of at least 4 members (excludes halogenated alkanes) is 2. The molecule has 4 heteroatoms. The van der Waals surface area contributed by atoms with Crippen LogP contribution >= 0.6 is 0 Å². The van der Waals surface area contributed by atoms with E-state index in [2.05, 4.69) is 0 Å². The predicted octanol–water partition coefficient (Wildman–Crippen LogP) is 3.48. The summed E-state index contributed by atoms with van der Waals surface area (Å²) in [6, 6.07) is 5.56. The van der Waals surface area contributed by atoms with E-state index in [1.54, 1.807) is 6.07 Å². The van der Waals surface area contributed by atoms with Crippen LogP contribution in [0, 0.1) is 13.8 Å². The third kappa shape index (κ3) is 4.17. The zero-order valence-electron chi connectivity index (χ0n) is 12.8. The molecule has 0 aromatic heterocycles. The highest BCUT2D eigenvalue weighted by Crippen LogP contribution is 2.17. The number of hydrogen-bond donors (Lipinski definition) is 0. The Hall–Kier alpha value is -1.16. The SMILES string of the molecule is CCCCCS(=O)(=O)C(C)C(=O)c1cc(C)ccc1C. The summed E-state index contributed by atoms with van der Waals surface area (Å²) in [6.07, 6.45) is 2.47. The molecule has 0 saturated heterocycles. The van der Waals surface area contributed by atoms with Crippen molar-refractivity contribution < 1.29 is 13.2 Å². The lowest BCUT2D eigenvalue weighted by atomic mass is 10.0. The lowest BCUT2D eigenvalue weighted by Gasteiger charge is -2.14. The van der Waals surface area contributed by atoms with E-state index in [1.165, 1.54) is 6.92 Å². The Morgan fingerprint density at radius 2 is 1.85 bits per heavy atom. The average Bonchev–Trinajstić information content (AvgIpc) is 2.40. The zero-order chi connectivity index (χ0) is 15.3. The number of carbonyl (C=O) groups is 1. The fourth-order valence-electron chi connectivity index (χ4n) is 2.11. The first-order chi connectivity index (χ1) is 9.29. The molecule has 0 saturated carbocycles. The summed E-state index contributed by atoms with van der Waals surface area (Å²) in [6.45, 7) is 7.27. The topological polar surface area (TPSA) is 51.2 Å². The molecule has 20 heavy (non-hydrogen) atoms. The molecule has 1 unspecified atom stereocenters. The maximum atomic E-state index is 12.4. The third-order valence-corrected chi connectivity index (χ3v) is 5.75. The molecule has 0 heterocycles. The predicted molar refractivity (Wildman–Crippen MR) is 83.0 cm³/mol. The minimum Gasteiger partial charge on any atom is -0.293 e. The second kappa shape index (κ2) is 7.02. The zero-order valence-corrected chi connectivity index (χ0v) is 13.6. The standard InChI is InChI=1S/C16H24O3S/c1-5-6-7-10-20(18,19)14(4)16(17)15-11-12(2)8-9-13(15)3/h8-9,11,14H,5-7,10H2,1-4H3. The minimum atomic E-state index is -3.36. The number of sulfone groups is 1. The van der Waals surface area contributed by atoms with Crippen LogP contribution in [-0.2, 0) is 9.84 Å². The van der Waals surface area contributed by atoms with Crippen molar-refractivity contribution in [3.63, 3.8) is 0 Å². The van der Waals surface area contributed by atoms with E-state index in [0.29, 0.717) is 12.0 Å². The first-order valence-electron chi connectivity index (χ1n) is 7.12. The molecule has 0 aliphatic carbocycles. The van der Waals surface area contributed by atoms with Crippen LogP contribution in [0.2, 0.25) is 0 Å². The van der Waals surface area contributed by atoms with Gasteiger partial charge in [0.25, 0.3) is 0 Å². The second-order valence-electron chi connectivity index (χ2n) is 5.40. The quantitative estimate of drug-likeness (QED) is 0.572. The summed E-state index contributed by atoms with van der Waals surface area (Å²) in [5, 5.41) is -0.958. The molecule has 0 aliphatic rings. The van der Waals surface area contributed by atoms with Gasteiger partial charge < -0.3 is 0 Å². The lowest BCUT2D eigenvalue weighted by Crippen LogP contribution is -2.30. The summed E-state index contributed by atoms with van der Waals surface area (Å²) < 4.78 is 24.4. The molecule has 0 fully saturated rings. The van der Waals surface area contributed by atoms with Gasteiger partial charge in [-0.15, -0.1) is 0 Å². The monoisotopic (exact) mass is 296 g/mol. The van der Waals surface area contributed by atoms with Gasteiger partial charge in [-0.2, -0.15) is 0 Å². The highest BCUT2D eigenvalue weighted by Gasteiger charge is 2.29. The Balaban J connectivity index is 2.93. The average molecular weight is 296 g/mol. The summed E-state index contributed by atoms with van der Waals surface area (Å²) in [5.74, 6) is -0.193. The van der Waals surface area contributed by atoms with Gasteiger partial charge in [0.05, 0.1) is 5.75 Å². The first kappa shape index (κ1) is 16.9. The van der Waals surface area contributed by atoms with E-state index >= 15 is 0 Å². The first-order valence-corrected chi connectivity index (χ1v) is 8.84. The van der Waals surface area contributed by atoms with E-state index in [-0.39, 0.29) is 11.5 Å². The smallest absolute Gasteiger partial charge is 0.180 e. The molecule has 0 spiro atoms. The summed E-state index contributed by atoms with van der Waals surface area (Å²) >= 11 is 0. The summed E-state index contributed by atoms with van der Waals surface area (Å²) in [5.41, 5.74) is 2.32. The van der Waals surface area contributed by atoms with Crippen molar-refractivity contribution in [3.05, 3.63) is 34.9 Å². The molecule has 3 nitrogen and oxygen atoms in total. The van der Waals surface area contributed by atoms with Crippen LogP contribution in [0.25, 0.3) is 0 Å². The van der Waals surface area contributed by atoms with Crippen molar-refractivity contribution in [2.75, 3.05) is 5.75 Å². The molecular weight excluding hydrogens is 272 g/mol. The Morgan fingerprint density at radius 3 is 2.45 bits per heavy atom. The molecule has 1 aromatic carbocycles. The molecule has 0 radical (unpaired) electrons. The lowest BCUT2D eigenvalue weighted by molar-refractivity contribution is 0.0990. The molecule has 1 rings (SSSR count). The van der Waals surface area contributed by atoms with Crippen molar-refractivity contribution in [2.24, 2.45) is 0 Å². The number of Topliss-reactive ketones (excluding diaryl/α,β-unsaturated/α-hetero) is 1. The van der Waals surface area contributed by atoms with Crippen molar-refractivity contribution in [2.45, 2.75) is 52.2 Å². The number of ketones is 1. The van der Waals surface area contributed by atoms with E-state index in [1.807, 2.05) is 32.9 Å². The van der Waals surface area contributed by atoms with Gasteiger partial charge >= 0.3 is 0 Å². The van der Waals surface area contributed by atoms with E-state index in [9.17, 15) is 13.2 Å². The fraction of sp³-hybridized carbons (Fsp3) is 0.562. The van der Waals surface area contributed by atoms with Gasteiger partial charge in [-0.1, -0.05) is 37.5 Å². The molecule has 1 atom stereocenters. The molecule has 112 valence electrons. The van der Waals surface area contributed by atoms with Gasteiger partial charge in [0.2, 0.25) is 0 Å². The summed E-state index contributed by atoms with van der Waals surface area (Å²) in [7, 11) is -3.36. The Labute approximate surface area is 122 Å². The second-order valence-corrected chi connectivity index (χ2v) is 7.84. The largest absolute Gasteiger partial charge is 0.293 e. The number of carbonyl (C=O) groups excluding carboxylic acids is 1. The van der Waals surface area contributed by atoms with Crippen LogP contribution in [-0.4, -0.2) is 25.2 Å². The van der Waals surface area contributed by atoms with Crippen molar-refractivity contribution >= 4 is 15.6 Å². The van der Waals surface area contributed by atoms with Crippen molar-refractivity contribution in [1.29, 1.82) is 0 Å². The molecular formula is C16H24O3S. The van der Waals surface area contributed by atoms with Crippen LogP contribution in [0.15, 0.2) is 18.2 Å². The molecule has 0 bridgehead atoms. The van der Waals surface area contributed by atoms with E-state index in [4.69, 9.17) is 0 Å². The van der Waals surface area contributed by atoms with Crippen LogP contribution in [0.5, 0.6) is 0 Å². The van der Waals surface area contributed by atoms with Crippen LogP contribution in [0.1, 0.15) is 54.6 Å². The highest BCUT2D eigenvalue weighted by molar-refractivity contribution is 7.92. The van der Waals surface area contributed by atoms with Crippen LogP contribution in [0.4, 0.5) is 0 Å². The van der Waals surface area contributed by atoms with Gasteiger partial charge in [-0.25, -0.2) is 8.42 Å². The molecule has 0 N–H and O–H groups in total. The third-order valence-electron chi connectivity index (χ3n) is 3.60. The summed E-state index contributed by atoms with van der Waals surface area (Å²) in [4.78, 5) is 12.4. The van der Waals surface area contributed by atoms with Crippen LogP contribution < -0.4 is 0 Å². The Kier molecular flexibility index (Phi) is 5.93. The Morgan fingerprint density at radius 1 is 1.20 bits per heavy atom. The van der Waals surface area contributed by atoms with Crippen molar-refractivity contribution in [1.82, 2.24) is 0 Å². The molecule has 0 amide bonds. The number of aryl methyl sites for hydroxylation is 2. The van der Waals surface area contributed by atoms with Gasteiger partial charge in [0.15, 0.2) is 15.6 Å². The van der Waals surface area contributed by atoms with E-state index < -0.39 is 15.1 Å². The van der Waals surface area contributed by atoms with E-state index in [0.717, 1.165) is 24.0 Å². The van der Waals surface area contributed by atoms with Gasteiger partial charge in [0.1, 0.15) is 5.25 Å². The number of hydrogen-bond acceptors (Lipinski definition) is 3. The van der Waals surface area contributed by atoms with Gasteiger partial charge in [-0.3, -0.25) is 4.79 Å². The van der Waals surface area contributed by atoms with Gasteiger partial charge in [-0.05, 0) is 38.8 Å². The number of rotatable bonds is 7. The van der Waals surface area contributed by atoms with Gasteiger partial charge in [0, 0.05) is 5.56 Å². The Bertz CT molecular complexity index is 573. The maximum absolute atomic E-state index is 12.4. The fourth-order valence-corrected chi connectivity index (χ4v) is 3.53. The molecule has 0 aliphatic heterocycles. The van der Waals surface area contributed by atoms with Crippen LogP contribution in [0.3, 0.4) is 0 Å². The highest BCUT2D eigenvalue weighted by atomic mass is 32.2.